The molecule has 15 heavy (non-hydrogen) atoms. The van der Waals surface area contributed by atoms with E-state index >= 15 is 0 Å². The molecule has 1 fully saturated rings. The average molecular weight is 211 g/mol. The van der Waals surface area contributed by atoms with E-state index < -0.39 is 0 Å². The maximum absolute atomic E-state index is 5.82. The molecule has 0 aromatic rings. The summed E-state index contributed by atoms with van der Waals surface area (Å²) in [6, 6.07) is 0.356. The van der Waals surface area contributed by atoms with Gasteiger partial charge in [0.25, 0.3) is 0 Å². The summed E-state index contributed by atoms with van der Waals surface area (Å²) in [5.41, 5.74) is 5.82. The van der Waals surface area contributed by atoms with Crippen molar-refractivity contribution in [1.82, 2.24) is 4.90 Å². The predicted octanol–water partition coefficient (Wildman–Crippen LogP) is 2.02. The Bertz CT molecular complexity index is 195. The Morgan fingerprint density at radius 3 is 2.60 bits per heavy atom. The zero-order valence-corrected chi connectivity index (χ0v) is 10.2. The minimum absolute atomic E-state index is 0.356. The molecule has 0 spiro atoms. The second-order valence-corrected chi connectivity index (χ2v) is 4.58. The van der Waals surface area contributed by atoms with Gasteiger partial charge in [-0.05, 0) is 39.3 Å². The maximum Gasteiger partial charge on any atom is 0.0940 e. The van der Waals surface area contributed by atoms with Crippen molar-refractivity contribution in [3.8, 4) is 0 Å². The summed E-state index contributed by atoms with van der Waals surface area (Å²) in [6.07, 6.45) is 6.12. The summed E-state index contributed by atoms with van der Waals surface area (Å²) in [6.45, 7) is 7.86. The third-order valence-corrected chi connectivity index (χ3v) is 2.86. The minimum Gasteiger partial charge on any atom is -0.387 e. The van der Waals surface area contributed by atoms with Crippen molar-refractivity contribution in [2.45, 2.75) is 52.0 Å². The van der Waals surface area contributed by atoms with Gasteiger partial charge in [0.1, 0.15) is 0 Å². The highest BCUT2D eigenvalue weighted by atomic mass is 15.1. The van der Waals surface area contributed by atoms with Gasteiger partial charge in [-0.15, -0.1) is 0 Å². The Hall–Kier alpha value is -0.570. The first-order chi connectivity index (χ1) is 7.22. The summed E-state index contributed by atoms with van der Waals surface area (Å²) >= 11 is 0. The Balaban J connectivity index is 2.27. The molecule has 0 aromatic heterocycles. The van der Waals surface area contributed by atoms with Crippen molar-refractivity contribution >= 4 is 5.84 Å². The first kappa shape index (κ1) is 12.5. The molecule has 0 bridgehead atoms. The van der Waals surface area contributed by atoms with Gasteiger partial charge in [0, 0.05) is 13.0 Å². The molecule has 3 heteroatoms. The van der Waals surface area contributed by atoms with Crippen molar-refractivity contribution in [3.63, 3.8) is 0 Å². The summed E-state index contributed by atoms with van der Waals surface area (Å²) in [5, 5.41) is 0. The minimum atomic E-state index is 0.356. The average Bonchev–Trinajstić information content (AvgIpc) is 2.19. The van der Waals surface area contributed by atoms with E-state index in [9.17, 15) is 0 Å². The van der Waals surface area contributed by atoms with E-state index in [1.807, 2.05) is 0 Å². The zero-order valence-electron chi connectivity index (χ0n) is 10.2. The fourth-order valence-corrected chi connectivity index (χ4v) is 2.16. The number of amidine groups is 1. The summed E-state index contributed by atoms with van der Waals surface area (Å²) < 4.78 is 0. The maximum atomic E-state index is 5.82. The Morgan fingerprint density at radius 1 is 1.33 bits per heavy atom. The smallest absolute Gasteiger partial charge is 0.0940 e. The second-order valence-electron chi connectivity index (χ2n) is 4.58. The molecule has 0 saturated carbocycles. The first-order valence-electron chi connectivity index (χ1n) is 6.27. The van der Waals surface area contributed by atoms with Crippen LogP contribution in [0.25, 0.3) is 0 Å². The Morgan fingerprint density at radius 2 is 2.00 bits per heavy atom. The van der Waals surface area contributed by atoms with Crippen molar-refractivity contribution < 1.29 is 0 Å². The highest BCUT2D eigenvalue weighted by Gasteiger charge is 2.12. The van der Waals surface area contributed by atoms with Crippen LogP contribution < -0.4 is 5.73 Å². The van der Waals surface area contributed by atoms with Crippen LogP contribution in [-0.4, -0.2) is 36.4 Å². The van der Waals surface area contributed by atoms with E-state index in [2.05, 4.69) is 23.7 Å². The molecule has 0 radical (unpaired) electrons. The molecular weight excluding hydrogens is 186 g/mol. The van der Waals surface area contributed by atoms with Gasteiger partial charge in [-0.2, -0.15) is 0 Å². The lowest BCUT2D eigenvalue weighted by Gasteiger charge is -2.27. The molecule has 0 amide bonds. The normalized spacial score (nSPS) is 21.6. The molecule has 1 rings (SSSR count). The molecule has 1 aliphatic heterocycles. The highest BCUT2D eigenvalue weighted by Crippen LogP contribution is 2.09. The lowest BCUT2D eigenvalue weighted by atomic mass is 10.1. The third-order valence-electron chi connectivity index (χ3n) is 2.86. The molecule has 0 aromatic carbocycles. The number of hydrogen-bond acceptors (Lipinski definition) is 2. The molecule has 1 unspecified atom stereocenters. The first-order valence-corrected chi connectivity index (χ1v) is 6.27. The van der Waals surface area contributed by atoms with Crippen LogP contribution in [-0.2, 0) is 0 Å². The van der Waals surface area contributed by atoms with Gasteiger partial charge in [0.2, 0.25) is 0 Å². The van der Waals surface area contributed by atoms with Crippen LogP contribution in [0.4, 0.5) is 0 Å². The van der Waals surface area contributed by atoms with E-state index in [1.165, 1.54) is 32.4 Å². The van der Waals surface area contributed by atoms with Crippen LogP contribution in [0.15, 0.2) is 4.99 Å². The third kappa shape index (κ3) is 5.17. The van der Waals surface area contributed by atoms with E-state index in [-0.39, 0.29) is 0 Å². The van der Waals surface area contributed by atoms with Gasteiger partial charge in [0.15, 0.2) is 0 Å². The van der Waals surface area contributed by atoms with Crippen LogP contribution >= 0.6 is 0 Å². The Labute approximate surface area is 93.7 Å². The van der Waals surface area contributed by atoms with Crippen molar-refractivity contribution in [1.29, 1.82) is 0 Å². The molecule has 1 aliphatic rings. The van der Waals surface area contributed by atoms with Crippen molar-refractivity contribution in [3.05, 3.63) is 0 Å². The van der Waals surface area contributed by atoms with E-state index in [0.717, 1.165) is 25.2 Å². The summed E-state index contributed by atoms with van der Waals surface area (Å²) in [5.74, 6) is 0.821. The number of aliphatic imine (C=N–C) groups is 1. The van der Waals surface area contributed by atoms with Gasteiger partial charge in [-0.25, -0.2) is 0 Å². The number of nitrogens with two attached hydrogens (primary N) is 1. The van der Waals surface area contributed by atoms with Gasteiger partial charge >= 0.3 is 0 Å². The molecular formula is C12H25N3. The summed E-state index contributed by atoms with van der Waals surface area (Å²) in [7, 11) is 0. The van der Waals surface area contributed by atoms with Crippen LogP contribution in [0.2, 0.25) is 0 Å². The van der Waals surface area contributed by atoms with E-state index in [1.54, 1.807) is 0 Å². The molecule has 1 atom stereocenters. The molecule has 0 aliphatic carbocycles. The van der Waals surface area contributed by atoms with Crippen LogP contribution in [0.3, 0.4) is 0 Å². The van der Waals surface area contributed by atoms with E-state index in [4.69, 9.17) is 5.73 Å². The molecule has 1 saturated heterocycles. The highest BCUT2D eigenvalue weighted by molar-refractivity contribution is 5.80. The second kappa shape index (κ2) is 6.83. The number of piperidine rings is 1. The van der Waals surface area contributed by atoms with Crippen LogP contribution in [0.5, 0.6) is 0 Å². The van der Waals surface area contributed by atoms with Gasteiger partial charge in [-0.1, -0.05) is 13.3 Å². The largest absolute Gasteiger partial charge is 0.387 e. The zero-order chi connectivity index (χ0) is 11.1. The molecule has 3 nitrogen and oxygen atoms in total. The number of hydrogen-bond donors (Lipinski definition) is 1. The fourth-order valence-electron chi connectivity index (χ4n) is 2.16. The number of rotatable bonds is 5. The van der Waals surface area contributed by atoms with Crippen LogP contribution in [0.1, 0.15) is 46.0 Å². The molecule has 2 N–H and O–H groups in total. The lowest BCUT2D eigenvalue weighted by molar-refractivity contribution is 0.220. The lowest BCUT2D eigenvalue weighted by Crippen LogP contribution is -2.35. The fraction of sp³-hybridized carbons (Fsp3) is 0.917. The SMILES string of the molecule is CCCC(N)=NC(C)CN1CCCCC1. The van der Waals surface area contributed by atoms with Gasteiger partial charge in [-0.3, -0.25) is 4.99 Å². The van der Waals surface area contributed by atoms with Gasteiger partial charge in [0.05, 0.1) is 11.9 Å². The Kier molecular flexibility index (Phi) is 5.69. The van der Waals surface area contributed by atoms with Crippen molar-refractivity contribution in [2.75, 3.05) is 19.6 Å². The monoisotopic (exact) mass is 211 g/mol. The van der Waals surface area contributed by atoms with Gasteiger partial charge < -0.3 is 10.6 Å². The quantitative estimate of drug-likeness (QED) is 0.558. The standard InChI is InChI=1S/C12H25N3/c1-3-7-12(13)14-11(2)10-15-8-5-4-6-9-15/h11H,3-10H2,1-2H3,(H2,13,14). The predicted molar refractivity (Wildman–Crippen MR) is 66.3 cm³/mol. The van der Waals surface area contributed by atoms with E-state index in [0.29, 0.717) is 6.04 Å². The van der Waals surface area contributed by atoms with Crippen LogP contribution in [0, 0.1) is 0 Å². The number of likely N-dealkylation sites (tertiary alicyclic amines) is 1. The van der Waals surface area contributed by atoms with Crippen molar-refractivity contribution in [2.24, 2.45) is 10.7 Å². The molecule has 1 heterocycles. The molecule has 88 valence electrons. The summed E-state index contributed by atoms with van der Waals surface area (Å²) in [4.78, 5) is 7.02. The number of nitrogens with zero attached hydrogens (tertiary/aromatic N) is 2. The topological polar surface area (TPSA) is 41.6 Å².